The molecule has 8 nitrogen and oxygen atoms in total. The Morgan fingerprint density at radius 1 is 1.07 bits per heavy atom. The molecular weight excluding hydrogens is 378 g/mol. The zero-order valence-electron chi connectivity index (χ0n) is 17.5. The molecule has 0 radical (unpaired) electrons. The molecular formula is C22H33N7O. The van der Waals surface area contributed by atoms with Crippen LogP contribution in [0.2, 0.25) is 0 Å². The largest absolute Gasteiger partial charge is 0.321 e. The van der Waals surface area contributed by atoms with Gasteiger partial charge in [0.1, 0.15) is 6.29 Å². The van der Waals surface area contributed by atoms with Crippen LogP contribution < -0.4 is 37.2 Å². The SMILES string of the molecule is CC1CC(NCCCC2NCCN2)NC(NC(=O)Nc2ccc3ccccc3c2)N1. The van der Waals surface area contributed by atoms with Crippen LogP contribution in [-0.4, -0.2) is 50.3 Å². The summed E-state index contributed by atoms with van der Waals surface area (Å²) in [6, 6.07) is 14.1. The number of carbonyl (C=O) groups excluding carboxylic acids is 1. The van der Waals surface area contributed by atoms with Crippen molar-refractivity contribution in [3.63, 3.8) is 0 Å². The highest BCUT2D eigenvalue weighted by molar-refractivity contribution is 5.93. The number of anilines is 1. The van der Waals surface area contributed by atoms with Crippen molar-refractivity contribution < 1.29 is 4.79 Å². The first-order valence-electron chi connectivity index (χ1n) is 10.9. The Labute approximate surface area is 177 Å². The number of fused-ring (bicyclic) bond motifs is 1. The Kier molecular flexibility index (Phi) is 7.14. The lowest BCUT2D eigenvalue weighted by Crippen LogP contribution is -2.67. The molecule has 0 aliphatic carbocycles. The number of amides is 2. The van der Waals surface area contributed by atoms with E-state index in [0.717, 1.165) is 55.4 Å². The first-order valence-corrected chi connectivity index (χ1v) is 10.9. The molecule has 2 amide bonds. The third kappa shape index (κ3) is 5.90. The summed E-state index contributed by atoms with van der Waals surface area (Å²) in [5.74, 6) is 0. The summed E-state index contributed by atoms with van der Waals surface area (Å²) in [6.07, 6.45) is 3.50. The average molecular weight is 412 g/mol. The lowest BCUT2D eigenvalue weighted by Gasteiger charge is -2.37. The maximum Gasteiger partial charge on any atom is 0.321 e. The summed E-state index contributed by atoms with van der Waals surface area (Å²) < 4.78 is 0. The van der Waals surface area contributed by atoms with Crippen LogP contribution in [-0.2, 0) is 0 Å². The first kappa shape index (κ1) is 21.0. The number of carbonyl (C=O) groups is 1. The maximum absolute atomic E-state index is 12.5. The minimum atomic E-state index is -0.287. The fraction of sp³-hybridized carbons (Fsp3) is 0.500. The van der Waals surface area contributed by atoms with Crippen LogP contribution in [0.3, 0.4) is 0 Å². The van der Waals surface area contributed by atoms with E-state index in [2.05, 4.69) is 50.2 Å². The van der Waals surface area contributed by atoms with Crippen molar-refractivity contribution in [1.29, 1.82) is 0 Å². The maximum atomic E-state index is 12.5. The van der Waals surface area contributed by atoms with E-state index in [1.807, 2.05) is 36.4 Å². The van der Waals surface area contributed by atoms with E-state index in [9.17, 15) is 4.79 Å². The number of hydrogen-bond donors (Lipinski definition) is 7. The number of benzene rings is 2. The molecule has 2 fully saturated rings. The number of hydrogen-bond acceptors (Lipinski definition) is 6. The molecule has 3 atom stereocenters. The van der Waals surface area contributed by atoms with Gasteiger partial charge < -0.3 is 26.6 Å². The van der Waals surface area contributed by atoms with Gasteiger partial charge in [-0.15, -0.1) is 0 Å². The van der Waals surface area contributed by atoms with Crippen molar-refractivity contribution in [2.75, 3.05) is 25.0 Å². The number of rotatable bonds is 7. The second-order valence-electron chi connectivity index (χ2n) is 8.17. The van der Waals surface area contributed by atoms with E-state index in [4.69, 9.17) is 0 Å². The summed E-state index contributed by atoms with van der Waals surface area (Å²) in [4.78, 5) is 12.5. The van der Waals surface area contributed by atoms with Crippen LogP contribution in [0.4, 0.5) is 10.5 Å². The predicted octanol–water partition coefficient (Wildman–Crippen LogP) is 1.43. The Morgan fingerprint density at radius 3 is 2.70 bits per heavy atom. The fourth-order valence-electron chi connectivity index (χ4n) is 4.17. The third-order valence-electron chi connectivity index (χ3n) is 5.66. The number of urea groups is 1. The summed E-state index contributed by atoms with van der Waals surface area (Å²) in [5.41, 5.74) is 0.777. The molecule has 0 bridgehead atoms. The van der Waals surface area contributed by atoms with Gasteiger partial charge in [0.15, 0.2) is 0 Å². The lowest BCUT2D eigenvalue weighted by molar-refractivity contribution is 0.193. The van der Waals surface area contributed by atoms with Crippen LogP contribution >= 0.6 is 0 Å². The van der Waals surface area contributed by atoms with Gasteiger partial charge in [-0.05, 0) is 55.6 Å². The molecule has 2 aliphatic rings. The zero-order chi connectivity index (χ0) is 20.8. The first-order chi connectivity index (χ1) is 14.7. The molecule has 30 heavy (non-hydrogen) atoms. The van der Waals surface area contributed by atoms with Crippen molar-refractivity contribution >= 4 is 22.5 Å². The smallest absolute Gasteiger partial charge is 0.310 e. The standard InChI is InChI=1S/C22H33N7O/c1-15-13-20(23-10-4-7-19-24-11-12-25-19)28-21(26-15)29-22(30)27-18-9-8-16-5-2-3-6-17(16)14-18/h2-3,5-6,8-9,14-15,19-21,23-26,28H,4,7,10-13H2,1H3,(H2,27,29,30). The monoisotopic (exact) mass is 411 g/mol. The molecule has 0 saturated carbocycles. The molecule has 3 unspecified atom stereocenters. The van der Waals surface area contributed by atoms with Crippen molar-refractivity contribution in [2.24, 2.45) is 0 Å². The molecule has 2 aliphatic heterocycles. The zero-order valence-corrected chi connectivity index (χ0v) is 17.5. The molecule has 7 N–H and O–H groups in total. The molecule has 0 aromatic heterocycles. The highest BCUT2D eigenvalue weighted by Crippen LogP contribution is 2.18. The Balaban J connectivity index is 1.22. The molecule has 2 saturated heterocycles. The van der Waals surface area contributed by atoms with E-state index >= 15 is 0 Å². The van der Waals surface area contributed by atoms with Crippen LogP contribution in [0.15, 0.2) is 42.5 Å². The lowest BCUT2D eigenvalue weighted by atomic mass is 10.1. The molecule has 8 heteroatoms. The summed E-state index contributed by atoms with van der Waals surface area (Å²) in [7, 11) is 0. The van der Waals surface area contributed by atoms with E-state index in [1.54, 1.807) is 0 Å². The highest BCUT2D eigenvalue weighted by Gasteiger charge is 2.25. The molecule has 162 valence electrons. The summed E-state index contributed by atoms with van der Waals surface area (Å²) in [6.45, 7) is 5.19. The van der Waals surface area contributed by atoms with Crippen molar-refractivity contribution in [2.45, 2.75) is 50.8 Å². The summed E-state index contributed by atoms with van der Waals surface area (Å²) in [5, 5.41) is 25.4. The number of nitrogens with one attached hydrogen (secondary N) is 7. The molecule has 2 aromatic rings. The van der Waals surface area contributed by atoms with Gasteiger partial charge in [0.05, 0.1) is 12.3 Å². The van der Waals surface area contributed by atoms with Gasteiger partial charge in [-0.2, -0.15) is 0 Å². The summed E-state index contributed by atoms with van der Waals surface area (Å²) >= 11 is 0. The Hall–Kier alpha value is -2.23. The topological polar surface area (TPSA) is 101 Å². The molecule has 2 aromatic carbocycles. The van der Waals surface area contributed by atoms with Crippen molar-refractivity contribution in [3.05, 3.63) is 42.5 Å². The minimum absolute atomic E-state index is 0.164. The van der Waals surface area contributed by atoms with Gasteiger partial charge in [0.25, 0.3) is 0 Å². The van der Waals surface area contributed by atoms with Crippen molar-refractivity contribution in [1.82, 2.24) is 31.9 Å². The van der Waals surface area contributed by atoms with Crippen LogP contribution in [0.25, 0.3) is 10.8 Å². The fourth-order valence-corrected chi connectivity index (χ4v) is 4.17. The second-order valence-corrected chi connectivity index (χ2v) is 8.17. The van der Waals surface area contributed by atoms with Gasteiger partial charge in [-0.1, -0.05) is 30.3 Å². The Morgan fingerprint density at radius 2 is 1.87 bits per heavy atom. The van der Waals surface area contributed by atoms with E-state index in [0.29, 0.717) is 12.2 Å². The average Bonchev–Trinajstić information content (AvgIpc) is 3.24. The predicted molar refractivity (Wildman–Crippen MR) is 121 cm³/mol. The Bertz CT molecular complexity index is 839. The van der Waals surface area contributed by atoms with Gasteiger partial charge in [-0.25, -0.2) is 4.79 Å². The second kappa shape index (κ2) is 10.2. The molecule has 2 heterocycles. The van der Waals surface area contributed by atoms with E-state index < -0.39 is 0 Å². The van der Waals surface area contributed by atoms with E-state index in [1.165, 1.54) is 0 Å². The molecule has 4 rings (SSSR count). The van der Waals surface area contributed by atoms with Gasteiger partial charge >= 0.3 is 6.03 Å². The van der Waals surface area contributed by atoms with Gasteiger partial charge in [0.2, 0.25) is 0 Å². The van der Waals surface area contributed by atoms with Crippen LogP contribution in [0, 0.1) is 0 Å². The molecule has 0 spiro atoms. The minimum Gasteiger partial charge on any atom is -0.310 e. The van der Waals surface area contributed by atoms with Crippen LogP contribution in [0.5, 0.6) is 0 Å². The third-order valence-corrected chi connectivity index (χ3v) is 5.66. The van der Waals surface area contributed by atoms with Crippen LogP contribution in [0.1, 0.15) is 26.2 Å². The highest BCUT2D eigenvalue weighted by atomic mass is 16.2. The quantitative estimate of drug-likeness (QED) is 0.348. The van der Waals surface area contributed by atoms with Gasteiger partial charge in [0, 0.05) is 24.8 Å². The van der Waals surface area contributed by atoms with E-state index in [-0.39, 0.29) is 18.5 Å². The van der Waals surface area contributed by atoms with Gasteiger partial charge in [-0.3, -0.25) is 10.6 Å². The van der Waals surface area contributed by atoms with Crippen molar-refractivity contribution in [3.8, 4) is 0 Å². The normalized spacial score (nSPS) is 24.8.